The topological polar surface area (TPSA) is 56.1 Å². The third kappa shape index (κ3) is 3.82. The number of benzene rings is 1. The summed E-state index contributed by atoms with van der Waals surface area (Å²) in [5, 5.41) is 11.9. The van der Waals surface area contributed by atoms with Gasteiger partial charge in [0, 0.05) is 24.7 Å². The fourth-order valence-corrected chi connectivity index (χ4v) is 2.62. The SMILES string of the molecule is CCCN1CCC(NC(=O)c2cccc(C#N)c2)CC1. The molecular formula is C16H21N3O. The monoisotopic (exact) mass is 271 g/mol. The van der Waals surface area contributed by atoms with Crippen LogP contribution in [0, 0.1) is 11.3 Å². The molecule has 0 aliphatic carbocycles. The van der Waals surface area contributed by atoms with Gasteiger partial charge in [-0.05, 0) is 44.0 Å². The molecule has 20 heavy (non-hydrogen) atoms. The van der Waals surface area contributed by atoms with E-state index in [4.69, 9.17) is 5.26 Å². The predicted molar refractivity (Wildman–Crippen MR) is 78.4 cm³/mol. The second-order valence-electron chi connectivity index (χ2n) is 5.28. The summed E-state index contributed by atoms with van der Waals surface area (Å²) < 4.78 is 0. The summed E-state index contributed by atoms with van der Waals surface area (Å²) in [6.45, 7) is 5.44. The van der Waals surface area contributed by atoms with E-state index < -0.39 is 0 Å². The van der Waals surface area contributed by atoms with Gasteiger partial charge in [0.25, 0.3) is 5.91 Å². The average molecular weight is 271 g/mol. The zero-order valence-corrected chi connectivity index (χ0v) is 11.9. The van der Waals surface area contributed by atoms with E-state index in [0.29, 0.717) is 11.1 Å². The van der Waals surface area contributed by atoms with Crippen LogP contribution < -0.4 is 5.32 Å². The van der Waals surface area contributed by atoms with Crippen LogP contribution in [-0.4, -0.2) is 36.5 Å². The van der Waals surface area contributed by atoms with E-state index in [9.17, 15) is 4.79 Å². The van der Waals surface area contributed by atoms with Gasteiger partial charge < -0.3 is 10.2 Å². The third-order valence-electron chi connectivity index (χ3n) is 3.72. The number of hydrogen-bond donors (Lipinski definition) is 1. The predicted octanol–water partition coefficient (Wildman–Crippen LogP) is 2.16. The Morgan fingerprint density at radius 2 is 2.20 bits per heavy atom. The lowest BCUT2D eigenvalue weighted by Gasteiger charge is -2.32. The molecule has 0 atom stereocenters. The fourth-order valence-electron chi connectivity index (χ4n) is 2.62. The van der Waals surface area contributed by atoms with Crippen molar-refractivity contribution in [3.05, 3.63) is 35.4 Å². The molecule has 4 heteroatoms. The molecule has 1 fully saturated rings. The molecule has 1 saturated heterocycles. The van der Waals surface area contributed by atoms with E-state index in [1.54, 1.807) is 24.3 Å². The van der Waals surface area contributed by atoms with Crippen molar-refractivity contribution in [2.45, 2.75) is 32.2 Å². The molecule has 1 aliphatic heterocycles. The smallest absolute Gasteiger partial charge is 0.251 e. The number of nitrogens with one attached hydrogen (secondary N) is 1. The van der Waals surface area contributed by atoms with Crippen molar-refractivity contribution in [1.29, 1.82) is 5.26 Å². The zero-order chi connectivity index (χ0) is 14.4. The molecule has 1 N–H and O–H groups in total. The van der Waals surface area contributed by atoms with Crippen molar-refractivity contribution < 1.29 is 4.79 Å². The summed E-state index contributed by atoms with van der Waals surface area (Å²) in [7, 11) is 0. The van der Waals surface area contributed by atoms with Crippen LogP contribution in [0.4, 0.5) is 0 Å². The maximum atomic E-state index is 12.2. The lowest BCUT2D eigenvalue weighted by Crippen LogP contribution is -2.44. The Morgan fingerprint density at radius 1 is 1.45 bits per heavy atom. The minimum Gasteiger partial charge on any atom is -0.349 e. The van der Waals surface area contributed by atoms with Crippen molar-refractivity contribution in [2.24, 2.45) is 0 Å². The van der Waals surface area contributed by atoms with Crippen LogP contribution in [0.25, 0.3) is 0 Å². The Balaban J connectivity index is 1.88. The molecule has 1 aromatic carbocycles. The highest BCUT2D eigenvalue weighted by molar-refractivity contribution is 5.94. The van der Waals surface area contributed by atoms with Gasteiger partial charge in [0.1, 0.15) is 0 Å². The molecule has 0 bridgehead atoms. The number of amides is 1. The van der Waals surface area contributed by atoms with Crippen LogP contribution >= 0.6 is 0 Å². The normalized spacial score (nSPS) is 16.6. The van der Waals surface area contributed by atoms with Gasteiger partial charge >= 0.3 is 0 Å². The second-order valence-corrected chi connectivity index (χ2v) is 5.28. The van der Waals surface area contributed by atoms with Gasteiger partial charge in [-0.2, -0.15) is 5.26 Å². The minimum atomic E-state index is -0.0731. The van der Waals surface area contributed by atoms with E-state index in [1.807, 2.05) is 0 Å². The minimum absolute atomic E-state index is 0.0731. The molecule has 0 spiro atoms. The Kier molecular flexibility index (Phi) is 5.14. The first-order valence-electron chi connectivity index (χ1n) is 7.26. The van der Waals surface area contributed by atoms with Crippen molar-refractivity contribution in [3.8, 4) is 6.07 Å². The molecular weight excluding hydrogens is 250 g/mol. The molecule has 0 radical (unpaired) electrons. The van der Waals surface area contributed by atoms with E-state index in [-0.39, 0.29) is 11.9 Å². The maximum Gasteiger partial charge on any atom is 0.251 e. The Morgan fingerprint density at radius 3 is 2.85 bits per heavy atom. The van der Waals surface area contributed by atoms with Crippen molar-refractivity contribution >= 4 is 5.91 Å². The van der Waals surface area contributed by atoms with E-state index in [1.165, 1.54) is 6.42 Å². The quantitative estimate of drug-likeness (QED) is 0.913. The van der Waals surface area contributed by atoms with Gasteiger partial charge in [-0.25, -0.2) is 0 Å². The number of nitrogens with zero attached hydrogens (tertiary/aromatic N) is 2. The van der Waals surface area contributed by atoms with Gasteiger partial charge in [-0.3, -0.25) is 4.79 Å². The fraction of sp³-hybridized carbons (Fsp3) is 0.500. The summed E-state index contributed by atoms with van der Waals surface area (Å²) in [6.07, 6.45) is 3.19. The van der Waals surface area contributed by atoms with Crippen molar-refractivity contribution in [3.63, 3.8) is 0 Å². The van der Waals surface area contributed by atoms with Gasteiger partial charge in [-0.15, -0.1) is 0 Å². The molecule has 0 unspecified atom stereocenters. The van der Waals surface area contributed by atoms with Crippen molar-refractivity contribution in [2.75, 3.05) is 19.6 Å². The van der Waals surface area contributed by atoms with Crippen LogP contribution in [0.15, 0.2) is 24.3 Å². The highest BCUT2D eigenvalue weighted by atomic mass is 16.1. The molecule has 106 valence electrons. The van der Waals surface area contributed by atoms with Crippen molar-refractivity contribution in [1.82, 2.24) is 10.2 Å². The van der Waals surface area contributed by atoms with Crippen LogP contribution in [-0.2, 0) is 0 Å². The molecule has 1 aromatic rings. The molecule has 0 aromatic heterocycles. The number of hydrogen-bond acceptors (Lipinski definition) is 3. The lowest BCUT2D eigenvalue weighted by atomic mass is 10.0. The Hall–Kier alpha value is -1.86. The summed E-state index contributed by atoms with van der Waals surface area (Å²) in [5.41, 5.74) is 1.09. The number of piperidine rings is 1. The first-order chi connectivity index (χ1) is 9.72. The summed E-state index contributed by atoms with van der Waals surface area (Å²) in [5.74, 6) is -0.0731. The molecule has 2 rings (SSSR count). The molecule has 0 saturated carbocycles. The largest absolute Gasteiger partial charge is 0.349 e. The average Bonchev–Trinajstić information content (AvgIpc) is 2.49. The van der Waals surface area contributed by atoms with Crippen LogP contribution in [0.3, 0.4) is 0 Å². The molecule has 1 amide bonds. The van der Waals surface area contributed by atoms with Crippen LogP contribution in [0.2, 0.25) is 0 Å². The number of carbonyl (C=O) groups excluding carboxylic acids is 1. The van der Waals surface area contributed by atoms with Gasteiger partial charge in [0.05, 0.1) is 11.6 Å². The summed E-state index contributed by atoms with van der Waals surface area (Å²) in [6, 6.07) is 9.16. The Bertz CT molecular complexity index is 499. The maximum absolute atomic E-state index is 12.2. The lowest BCUT2D eigenvalue weighted by molar-refractivity contribution is 0.0911. The van der Waals surface area contributed by atoms with E-state index in [2.05, 4.69) is 23.2 Å². The van der Waals surface area contributed by atoms with E-state index in [0.717, 1.165) is 32.5 Å². The number of likely N-dealkylation sites (tertiary alicyclic amines) is 1. The summed E-state index contributed by atoms with van der Waals surface area (Å²) >= 11 is 0. The highest BCUT2D eigenvalue weighted by Gasteiger charge is 2.20. The van der Waals surface area contributed by atoms with E-state index >= 15 is 0 Å². The van der Waals surface area contributed by atoms with Crippen LogP contribution in [0.1, 0.15) is 42.1 Å². The third-order valence-corrected chi connectivity index (χ3v) is 3.72. The molecule has 4 nitrogen and oxygen atoms in total. The van der Waals surface area contributed by atoms with Gasteiger partial charge in [-0.1, -0.05) is 13.0 Å². The molecule has 1 heterocycles. The molecule has 1 aliphatic rings. The zero-order valence-electron chi connectivity index (χ0n) is 11.9. The number of rotatable bonds is 4. The number of carbonyl (C=O) groups is 1. The van der Waals surface area contributed by atoms with Gasteiger partial charge in [0.15, 0.2) is 0 Å². The summed E-state index contributed by atoms with van der Waals surface area (Å²) in [4.78, 5) is 14.6. The second kappa shape index (κ2) is 7.06. The van der Waals surface area contributed by atoms with Gasteiger partial charge in [0.2, 0.25) is 0 Å². The first-order valence-corrected chi connectivity index (χ1v) is 7.26. The first kappa shape index (κ1) is 14.5. The standard InChI is InChI=1S/C16H21N3O/c1-2-8-19-9-6-15(7-10-19)18-16(20)14-5-3-4-13(11-14)12-17/h3-5,11,15H,2,6-10H2,1H3,(H,18,20). The van der Waals surface area contributed by atoms with Crippen LogP contribution in [0.5, 0.6) is 0 Å². The number of nitriles is 1. The highest BCUT2D eigenvalue weighted by Crippen LogP contribution is 2.12. The Labute approximate surface area is 120 Å².